The van der Waals surface area contributed by atoms with Crippen molar-refractivity contribution in [3.63, 3.8) is 0 Å². The highest BCUT2D eigenvalue weighted by molar-refractivity contribution is 7.99. The number of Topliss-reactive ketones (excluding diaryl/α,β-unsaturated/α-hetero) is 4. The summed E-state index contributed by atoms with van der Waals surface area (Å²) in [5.74, 6) is 0.712. The van der Waals surface area contributed by atoms with Crippen molar-refractivity contribution in [2.24, 2.45) is 5.92 Å². The van der Waals surface area contributed by atoms with E-state index < -0.39 is 11.7 Å². The fourth-order valence-electron chi connectivity index (χ4n) is 18.5. The first-order valence-electron chi connectivity index (χ1n) is 48.0. The molecule has 8 heterocycles. The Balaban J connectivity index is 0.000000134. The van der Waals surface area contributed by atoms with Crippen LogP contribution < -0.4 is 34.5 Å². The van der Waals surface area contributed by atoms with E-state index in [-0.39, 0.29) is 77.1 Å². The molecule has 4 amide bonds. The van der Waals surface area contributed by atoms with E-state index in [1.54, 1.807) is 61.1 Å². The number of para-hydroxylation sites is 6. The van der Waals surface area contributed by atoms with Crippen molar-refractivity contribution in [1.29, 1.82) is 5.26 Å². The number of hydrogen-bond donors (Lipinski definition) is 3. The van der Waals surface area contributed by atoms with Crippen LogP contribution in [0.3, 0.4) is 0 Å². The van der Waals surface area contributed by atoms with Crippen molar-refractivity contribution < 1.29 is 66.1 Å². The molecule has 5 aromatic heterocycles. The van der Waals surface area contributed by atoms with Crippen LogP contribution in [-0.4, -0.2) is 157 Å². The number of benzene rings is 10. The minimum Gasteiger partial charge on any atom is -0.493 e. The molecule has 0 bridgehead atoms. The molecule has 0 spiro atoms. The van der Waals surface area contributed by atoms with E-state index >= 15 is 0 Å². The van der Waals surface area contributed by atoms with Crippen LogP contribution in [0.2, 0.25) is 0 Å². The van der Waals surface area contributed by atoms with E-state index in [0.717, 1.165) is 122 Å². The number of carbonyl (C=O) groups excluding carboxylic acids is 8. The molecule has 0 saturated carbocycles. The number of ketones is 4. The molecule has 0 unspecified atom stereocenters. The van der Waals surface area contributed by atoms with E-state index in [4.69, 9.17) is 18.9 Å². The number of H-pyrrole nitrogens is 1. The van der Waals surface area contributed by atoms with Gasteiger partial charge in [-0.3, -0.25) is 38.4 Å². The summed E-state index contributed by atoms with van der Waals surface area (Å²) in [4.78, 5) is 113. The van der Waals surface area contributed by atoms with Crippen molar-refractivity contribution >= 4 is 114 Å². The molecule has 1 fully saturated rings. The van der Waals surface area contributed by atoms with E-state index in [0.29, 0.717) is 123 Å². The molecule has 0 radical (unpaired) electrons. The highest BCUT2D eigenvalue weighted by Gasteiger charge is 2.35. The van der Waals surface area contributed by atoms with Gasteiger partial charge in [-0.15, -0.1) is 0 Å². The Morgan fingerprint density at radius 1 is 0.660 bits per heavy atom. The smallest absolute Gasteiger partial charge is 0.295 e. The lowest BCUT2D eigenvalue weighted by Crippen LogP contribution is -2.37. The van der Waals surface area contributed by atoms with Gasteiger partial charge in [0.25, 0.3) is 17.6 Å². The van der Waals surface area contributed by atoms with E-state index in [1.165, 1.54) is 76.6 Å². The maximum Gasteiger partial charge on any atom is 0.295 e. The van der Waals surface area contributed by atoms with Gasteiger partial charge in [-0.05, 0) is 246 Å². The average Bonchev–Trinajstić information content (AvgIpc) is 1.63. The van der Waals surface area contributed by atoms with Gasteiger partial charge in [-0.2, -0.15) is 5.26 Å². The second-order valence-corrected chi connectivity index (χ2v) is 36.0. The third-order valence-electron chi connectivity index (χ3n) is 25.7. The number of rotatable bonds is 33. The predicted octanol–water partition coefficient (Wildman–Crippen LogP) is 20.4. The second kappa shape index (κ2) is 48.2. The Morgan fingerprint density at radius 3 is 2.14 bits per heavy atom. The number of likely N-dealkylation sites (tertiary alicyclic amines) is 1. The van der Waals surface area contributed by atoms with Crippen LogP contribution in [-0.2, 0) is 86.9 Å². The van der Waals surface area contributed by atoms with Crippen molar-refractivity contribution in [3.8, 4) is 34.8 Å². The number of imidazole rings is 1. The number of unbranched alkanes of at least 4 members (excludes halogenated alkanes) is 1. The number of aromatic nitrogens is 6. The molecule has 724 valence electrons. The van der Waals surface area contributed by atoms with Crippen LogP contribution in [0.25, 0.3) is 49.3 Å². The van der Waals surface area contributed by atoms with Crippen LogP contribution in [0, 0.1) is 35.8 Å². The summed E-state index contributed by atoms with van der Waals surface area (Å²) >= 11 is 1.40. The van der Waals surface area contributed by atoms with Gasteiger partial charge in [0.15, 0.2) is 34.8 Å². The van der Waals surface area contributed by atoms with Gasteiger partial charge in [-0.1, -0.05) is 133 Å². The summed E-state index contributed by atoms with van der Waals surface area (Å²) in [6.07, 6.45) is 18.9. The summed E-state index contributed by atoms with van der Waals surface area (Å²) in [7, 11) is 3.24. The number of nitrogens with zero attached hydrogens (tertiary/aromatic N) is 9. The zero-order valence-electron chi connectivity index (χ0n) is 80.2. The van der Waals surface area contributed by atoms with Gasteiger partial charge in [0.05, 0.1) is 43.1 Å². The van der Waals surface area contributed by atoms with E-state index in [9.17, 15) is 52.4 Å². The predicted molar refractivity (Wildman–Crippen MR) is 548 cm³/mol. The first-order valence-corrected chi connectivity index (χ1v) is 49.0. The molecule has 15 aromatic rings. The van der Waals surface area contributed by atoms with Crippen LogP contribution in [0.5, 0.6) is 23.0 Å². The molecule has 3 N–H and O–H groups in total. The first-order chi connectivity index (χ1) is 68.6. The fraction of sp³-hybridized carbons (Fsp3) is 0.281. The maximum atomic E-state index is 13.6. The number of aryl methyl sites for hydroxylation is 4. The Hall–Kier alpha value is -15.4. The van der Waals surface area contributed by atoms with Crippen LogP contribution in [0.1, 0.15) is 126 Å². The van der Waals surface area contributed by atoms with E-state index in [2.05, 4.69) is 48.8 Å². The molecule has 10 aromatic carbocycles. The Bertz CT molecular complexity index is 7050. The first kappa shape index (κ1) is 100. The zero-order chi connectivity index (χ0) is 98.8. The number of fused-ring (bicyclic) bond motifs is 7. The van der Waals surface area contributed by atoms with Gasteiger partial charge < -0.3 is 67.5 Å². The molecule has 4 aliphatic rings. The number of nitrogens with one attached hydrogen (secondary N) is 3. The molecular weight excluding hydrogens is 1800 g/mol. The number of likely N-dealkylation sites (N-methyl/N-ethyl adjacent to an activating group) is 1. The highest BCUT2D eigenvalue weighted by Crippen LogP contribution is 2.36. The molecule has 1 aliphatic carbocycles. The van der Waals surface area contributed by atoms with Crippen LogP contribution >= 0.6 is 11.8 Å². The summed E-state index contributed by atoms with van der Waals surface area (Å²) < 4.78 is 57.3. The molecular formula is C114H116F2N12O12S. The van der Waals surface area contributed by atoms with Gasteiger partial charge >= 0.3 is 0 Å². The number of anilines is 2. The van der Waals surface area contributed by atoms with E-state index in [1.807, 2.05) is 236 Å². The lowest BCUT2D eigenvalue weighted by molar-refractivity contribution is -0.128. The summed E-state index contributed by atoms with van der Waals surface area (Å²) in [5.41, 5.74) is 16.8. The minimum atomic E-state index is -0.533. The van der Waals surface area contributed by atoms with Gasteiger partial charge in [0, 0.05) is 163 Å². The highest BCUT2D eigenvalue weighted by atomic mass is 32.2. The molecule has 19 rings (SSSR count). The van der Waals surface area contributed by atoms with Gasteiger partial charge in [0.2, 0.25) is 17.6 Å². The largest absolute Gasteiger partial charge is 0.493 e. The standard InChI is InChI=1S/C26H30N2O3.C25H27N3O3.C23H26FN3O2.C22H16N2O2.C18H17FN2O2S/c1-18-16-21-6-4-5-7-23(21)28(18)22-11-9-20(10-12-22)26(29)27-15-14-19-8-13-24(30-2)25(17-19)31-3;1-3-26(4-2)25(31)24(30)20-16-27(22-14-8-6-12-19(20)22)17-23(29)28-15-9-11-18-10-5-7-13-21(18)28;24-19-6-7-21-20(14-19)17(15-25-21)8-12-27-16-18(13-23(27)29)22(28)5-1-2-9-26-10-3-4-11-26;23-13-18(20-12-16-7-2-4-10-19(16)24-20)21(25)14-26-22-11-5-8-15-6-1-3-9-17(15)22;1-13(22)12-24-18-20-15-7-3-4-8-16(15)21(18)10-11-23-17-9-5-2-6-14(17)19/h8-13,16-17H,4-7,14-15H2,1-3H3,(H,27,29);5-8,10,12-14,16H,3-4,9,11,15,17H2,1-2H3;3-4,6-7,10-11,14-15,18,25H,1-2,5,8-9,12-13,16H2;1-11,24H,12,14H2;2-9H,10-12H2,1H3/b;;;20-18-;/t;;18-;;/m..0../s1. The normalized spacial score (nSPS) is 13.7. The Labute approximate surface area is 823 Å². The summed E-state index contributed by atoms with van der Waals surface area (Å²) in [5, 5.41) is 20.0. The number of ether oxygens (including phenoxy) is 4. The third kappa shape index (κ3) is 25.0. The number of methoxy groups -OCH3 is 2. The zero-order valence-corrected chi connectivity index (χ0v) is 81.1. The number of hydrogen-bond acceptors (Lipinski definition) is 16. The van der Waals surface area contributed by atoms with Crippen LogP contribution in [0.15, 0.2) is 284 Å². The summed E-state index contributed by atoms with van der Waals surface area (Å²) in [6, 6.07) is 77.6. The molecule has 1 saturated heterocycles. The number of nitriles is 1. The minimum absolute atomic E-state index is 0.0260. The number of aromatic amines is 1. The monoisotopic (exact) mass is 1910 g/mol. The summed E-state index contributed by atoms with van der Waals surface area (Å²) in [6.45, 7) is 12.4. The lowest BCUT2D eigenvalue weighted by Gasteiger charge is -2.29. The number of halogens is 2. The third-order valence-corrected chi connectivity index (χ3v) is 26.8. The van der Waals surface area contributed by atoms with Crippen LogP contribution in [0.4, 0.5) is 20.2 Å². The molecule has 24 nitrogen and oxygen atoms in total. The molecule has 1 atom stereocenters. The fourth-order valence-corrected chi connectivity index (χ4v) is 19.3. The molecule has 3 aliphatic heterocycles. The Kier molecular flexibility index (Phi) is 34.2. The number of carbonyl (C=O) groups is 8. The van der Waals surface area contributed by atoms with Crippen molar-refractivity contribution in [2.45, 2.75) is 136 Å². The Morgan fingerprint density at radius 2 is 1.37 bits per heavy atom. The average molecular weight is 1920 g/mol. The van der Waals surface area contributed by atoms with Crippen molar-refractivity contribution in [2.75, 3.05) is 82.7 Å². The maximum absolute atomic E-state index is 13.6. The lowest BCUT2D eigenvalue weighted by atomic mass is 9.98. The number of thioether (sulfide) groups is 1. The van der Waals surface area contributed by atoms with Gasteiger partial charge in [0.1, 0.15) is 47.9 Å². The van der Waals surface area contributed by atoms with Crippen molar-refractivity contribution in [1.82, 2.24) is 43.4 Å². The SMILES string of the molecule is CC(=O)CSc1nc2ccccc2n1CCOc1ccccc1F.CCN(CC)C(=O)C(=O)c1cn(CC(=O)N2CCCc3ccccc32)c2ccccc12.COc1ccc(CCNC(=O)c2ccc(-n3c(C)cc4c3CCCC4)cc2)cc1OC.N#C/C(C(=O)COc1cccc2ccccc12)=C1\Cc2ccccc2N1.O=C(CCCCn1cccc1)[C@H]1CC(=O)N(CCc2c[nH]c3ccc(F)cc23)C1. The van der Waals surface area contributed by atoms with Crippen molar-refractivity contribution in [3.05, 3.63) is 341 Å². The quantitative estimate of drug-likeness (QED) is 0.00861. The molecule has 141 heavy (non-hydrogen) atoms. The van der Waals surface area contributed by atoms with Gasteiger partial charge in [-0.25, -0.2) is 13.8 Å². The molecule has 27 heteroatoms. The topological polar surface area (TPSA) is 279 Å². The second-order valence-electron chi connectivity index (χ2n) is 35.1. The number of amides is 4. The number of allylic oxidation sites excluding steroid dienone is 1.